The van der Waals surface area contributed by atoms with Gasteiger partial charge in [-0.1, -0.05) is 15.9 Å². The monoisotopic (exact) mass is 305 g/mol. The molecule has 2 saturated heterocycles. The molecule has 0 radical (unpaired) electrons. The molecule has 1 amide bonds. The number of carbonyl (C=O) groups excluding carboxylic acids is 1. The normalized spacial score (nSPS) is 32.7. The van der Waals surface area contributed by atoms with Gasteiger partial charge in [-0.3, -0.25) is 0 Å². The number of rotatable bonds is 1. The van der Waals surface area contributed by atoms with Crippen LogP contribution in [0.15, 0.2) is 0 Å². The summed E-state index contributed by atoms with van der Waals surface area (Å²) < 4.78 is 11.2. The minimum absolute atomic E-state index is 0.199. The van der Waals surface area contributed by atoms with Gasteiger partial charge in [0.25, 0.3) is 0 Å². The van der Waals surface area contributed by atoms with E-state index in [4.69, 9.17) is 9.47 Å². The molecule has 3 atom stereocenters. The van der Waals surface area contributed by atoms with Gasteiger partial charge in [-0.2, -0.15) is 0 Å². The van der Waals surface area contributed by atoms with E-state index in [1.165, 1.54) is 0 Å². The van der Waals surface area contributed by atoms with Crippen molar-refractivity contribution in [2.75, 3.05) is 18.4 Å². The molecule has 0 aromatic carbocycles. The smallest absolute Gasteiger partial charge is 0.410 e. The first kappa shape index (κ1) is 13.1. The number of hydrogen-bond donors (Lipinski definition) is 0. The Labute approximate surface area is 111 Å². The molecule has 0 bridgehead atoms. The predicted octanol–water partition coefficient (Wildman–Crippen LogP) is 2.41. The van der Waals surface area contributed by atoms with Crippen LogP contribution in [0.2, 0.25) is 0 Å². The lowest BCUT2D eigenvalue weighted by Crippen LogP contribution is -2.36. The molecule has 2 rings (SSSR count). The van der Waals surface area contributed by atoms with Crippen LogP contribution in [-0.4, -0.2) is 47.2 Å². The second-order valence-electron chi connectivity index (χ2n) is 5.83. The summed E-state index contributed by atoms with van der Waals surface area (Å²) in [7, 11) is 0. The number of ether oxygens (including phenoxy) is 2. The lowest BCUT2D eigenvalue weighted by molar-refractivity contribution is 0.0170. The van der Waals surface area contributed by atoms with Gasteiger partial charge in [0, 0.05) is 17.8 Å². The van der Waals surface area contributed by atoms with Gasteiger partial charge >= 0.3 is 6.09 Å². The molecule has 98 valence electrons. The highest BCUT2D eigenvalue weighted by Crippen LogP contribution is 2.34. The Morgan fingerprint density at radius 1 is 1.47 bits per heavy atom. The van der Waals surface area contributed by atoms with Gasteiger partial charge in [-0.05, 0) is 27.2 Å². The molecular weight excluding hydrogens is 286 g/mol. The fourth-order valence-electron chi connectivity index (χ4n) is 2.44. The number of fused-ring (bicyclic) bond motifs is 1. The fraction of sp³-hybridized carbons (Fsp3) is 0.917. The van der Waals surface area contributed by atoms with Gasteiger partial charge in [-0.25, -0.2) is 4.79 Å². The summed E-state index contributed by atoms with van der Waals surface area (Å²) >= 11 is 3.44. The molecule has 4 nitrogen and oxygen atoms in total. The van der Waals surface area contributed by atoms with Gasteiger partial charge in [0.05, 0.1) is 18.8 Å². The number of amides is 1. The number of hydrogen-bond acceptors (Lipinski definition) is 3. The van der Waals surface area contributed by atoms with Gasteiger partial charge < -0.3 is 14.4 Å². The Kier molecular flexibility index (Phi) is 3.69. The first-order valence-corrected chi connectivity index (χ1v) is 7.20. The van der Waals surface area contributed by atoms with Gasteiger partial charge in [0.2, 0.25) is 0 Å². The molecule has 2 fully saturated rings. The van der Waals surface area contributed by atoms with Crippen LogP contribution in [0.25, 0.3) is 0 Å². The van der Waals surface area contributed by atoms with Crippen molar-refractivity contribution in [2.45, 2.75) is 45.0 Å². The van der Waals surface area contributed by atoms with E-state index in [-0.39, 0.29) is 12.2 Å². The topological polar surface area (TPSA) is 38.8 Å². The van der Waals surface area contributed by atoms with Crippen molar-refractivity contribution < 1.29 is 14.3 Å². The molecule has 0 aromatic heterocycles. The second-order valence-corrected chi connectivity index (χ2v) is 6.48. The summed E-state index contributed by atoms with van der Waals surface area (Å²) in [5.41, 5.74) is -0.423. The molecule has 0 aliphatic carbocycles. The van der Waals surface area contributed by atoms with Crippen LogP contribution in [-0.2, 0) is 9.47 Å². The Hall–Kier alpha value is -0.290. The lowest BCUT2D eigenvalue weighted by Gasteiger charge is -2.25. The standard InChI is InChI=1S/C12H20BrNO3/c1-12(2,3)17-11(15)14-6-8-4-9(5-13)16-10(8)7-14/h8-10H,4-7H2,1-3H3/t8?,9?,10-/m0/s1. The van der Waals surface area contributed by atoms with E-state index in [0.717, 1.165) is 18.3 Å². The predicted molar refractivity (Wildman–Crippen MR) is 68.4 cm³/mol. The van der Waals surface area contributed by atoms with Crippen LogP contribution in [0.5, 0.6) is 0 Å². The molecule has 2 heterocycles. The van der Waals surface area contributed by atoms with Crippen molar-refractivity contribution >= 4 is 22.0 Å². The van der Waals surface area contributed by atoms with E-state index in [2.05, 4.69) is 15.9 Å². The first-order valence-electron chi connectivity index (χ1n) is 6.08. The summed E-state index contributed by atoms with van der Waals surface area (Å²) in [5.74, 6) is 0.477. The van der Waals surface area contributed by atoms with E-state index in [1.807, 2.05) is 20.8 Å². The number of carbonyl (C=O) groups is 1. The largest absolute Gasteiger partial charge is 0.444 e. The van der Waals surface area contributed by atoms with Gasteiger partial charge in [0.1, 0.15) is 5.60 Å². The third-order valence-electron chi connectivity index (χ3n) is 3.14. The minimum Gasteiger partial charge on any atom is -0.444 e. The maximum Gasteiger partial charge on any atom is 0.410 e. The molecule has 0 saturated carbocycles. The van der Waals surface area contributed by atoms with Crippen molar-refractivity contribution in [3.63, 3.8) is 0 Å². The number of alkyl halides is 1. The van der Waals surface area contributed by atoms with Crippen molar-refractivity contribution in [1.29, 1.82) is 0 Å². The van der Waals surface area contributed by atoms with Crippen LogP contribution in [0, 0.1) is 5.92 Å². The third kappa shape index (κ3) is 3.13. The Balaban J connectivity index is 1.86. The molecule has 5 heteroatoms. The second kappa shape index (κ2) is 4.76. The zero-order chi connectivity index (χ0) is 12.6. The average molecular weight is 306 g/mol. The summed E-state index contributed by atoms with van der Waals surface area (Å²) in [6, 6.07) is 0. The molecule has 2 aliphatic heterocycles. The molecule has 0 N–H and O–H groups in total. The van der Waals surface area contributed by atoms with Gasteiger partial charge in [0.15, 0.2) is 0 Å². The summed E-state index contributed by atoms with van der Waals surface area (Å²) in [6.45, 7) is 7.10. The number of likely N-dealkylation sites (tertiary alicyclic amines) is 1. The Morgan fingerprint density at radius 3 is 2.71 bits per heavy atom. The van der Waals surface area contributed by atoms with E-state index in [0.29, 0.717) is 18.6 Å². The van der Waals surface area contributed by atoms with Crippen molar-refractivity contribution in [3.05, 3.63) is 0 Å². The number of nitrogens with zero attached hydrogens (tertiary/aromatic N) is 1. The molecule has 17 heavy (non-hydrogen) atoms. The Morgan fingerprint density at radius 2 is 2.18 bits per heavy atom. The zero-order valence-corrected chi connectivity index (χ0v) is 12.2. The fourth-order valence-corrected chi connectivity index (χ4v) is 2.85. The van der Waals surface area contributed by atoms with Crippen LogP contribution in [0.3, 0.4) is 0 Å². The highest BCUT2D eigenvalue weighted by molar-refractivity contribution is 9.09. The van der Waals surface area contributed by atoms with Crippen LogP contribution >= 0.6 is 15.9 Å². The van der Waals surface area contributed by atoms with Crippen molar-refractivity contribution in [1.82, 2.24) is 4.90 Å². The molecule has 2 aliphatic rings. The van der Waals surface area contributed by atoms with E-state index < -0.39 is 5.60 Å². The highest BCUT2D eigenvalue weighted by atomic mass is 79.9. The average Bonchev–Trinajstić information content (AvgIpc) is 2.70. The first-order chi connectivity index (χ1) is 7.89. The molecule has 2 unspecified atom stereocenters. The van der Waals surface area contributed by atoms with Crippen molar-refractivity contribution in [2.24, 2.45) is 5.92 Å². The maximum absolute atomic E-state index is 11.9. The molecule has 0 aromatic rings. The van der Waals surface area contributed by atoms with E-state index in [1.54, 1.807) is 4.90 Å². The van der Waals surface area contributed by atoms with Crippen LogP contribution in [0.4, 0.5) is 4.79 Å². The SMILES string of the molecule is CC(C)(C)OC(=O)N1CC2CC(CBr)O[C@H]2C1. The maximum atomic E-state index is 11.9. The summed E-state index contributed by atoms with van der Waals surface area (Å²) in [6.07, 6.45) is 1.33. The zero-order valence-electron chi connectivity index (χ0n) is 10.6. The third-order valence-corrected chi connectivity index (χ3v) is 3.86. The highest BCUT2D eigenvalue weighted by Gasteiger charge is 2.43. The lowest BCUT2D eigenvalue weighted by atomic mass is 10.0. The minimum atomic E-state index is -0.423. The van der Waals surface area contributed by atoms with E-state index >= 15 is 0 Å². The summed E-state index contributed by atoms with van der Waals surface area (Å²) in [4.78, 5) is 13.7. The quantitative estimate of drug-likeness (QED) is 0.698. The van der Waals surface area contributed by atoms with Crippen LogP contribution < -0.4 is 0 Å². The van der Waals surface area contributed by atoms with Crippen molar-refractivity contribution in [3.8, 4) is 0 Å². The number of halogens is 1. The van der Waals surface area contributed by atoms with Gasteiger partial charge in [-0.15, -0.1) is 0 Å². The van der Waals surface area contributed by atoms with E-state index in [9.17, 15) is 4.79 Å². The molecule has 0 spiro atoms. The summed E-state index contributed by atoms with van der Waals surface area (Å²) in [5, 5.41) is 0.881. The van der Waals surface area contributed by atoms with Crippen LogP contribution in [0.1, 0.15) is 27.2 Å². The Bertz CT molecular complexity index is 289. The molecular formula is C12H20BrNO3.